The van der Waals surface area contributed by atoms with Crippen molar-refractivity contribution in [2.24, 2.45) is 0 Å². The molecule has 0 aliphatic carbocycles. The molecule has 3 aromatic rings. The fourth-order valence-corrected chi connectivity index (χ4v) is 3.70. The summed E-state index contributed by atoms with van der Waals surface area (Å²) in [5, 5.41) is 3.09. The van der Waals surface area contributed by atoms with Crippen LogP contribution < -0.4 is 5.32 Å². The lowest BCUT2D eigenvalue weighted by atomic mass is 10.1. The number of hydrogen-bond donors (Lipinski definition) is 1. The Balaban J connectivity index is 1.36. The molecule has 0 spiro atoms. The molecular formula is C23H24N4O. The van der Waals surface area contributed by atoms with Crippen LogP contribution in [0.1, 0.15) is 24.0 Å². The second-order valence-electron chi connectivity index (χ2n) is 7.16. The molecule has 1 aliphatic heterocycles. The highest BCUT2D eigenvalue weighted by molar-refractivity contribution is 5.82. The van der Waals surface area contributed by atoms with Gasteiger partial charge in [-0.15, -0.1) is 0 Å². The van der Waals surface area contributed by atoms with Crippen molar-refractivity contribution < 1.29 is 4.79 Å². The molecule has 2 heterocycles. The van der Waals surface area contributed by atoms with Crippen LogP contribution in [0.5, 0.6) is 0 Å². The van der Waals surface area contributed by atoms with Crippen molar-refractivity contribution in [2.45, 2.75) is 32.0 Å². The molecule has 0 bridgehead atoms. The number of amides is 1. The topological polar surface area (TPSA) is 58.1 Å². The Morgan fingerprint density at radius 1 is 0.964 bits per heavy atom. The lowest BCUT2D eigenvalue weighted by Gasteiger charge is -2.24. The van der Waals surface area contributed by atoms with Crippen molar-refractivity contribution in [2.75, 3.05) is 6.54 Å². The van der Waals surface area contributed by atoms with Gasteiger partial charge in [0.25, 0.3) is 0 Å². The van der Waals surface area contributed by atoms with E-state index in [9.17, 15) is 4.79 Å². The van der Waals surface area contributed by atoms with Crippen molar-refractivity contribution in [3.05, 3.63) is 84.4 Å². The first kappa shape index (κ1) is 18.3. The number of carbonyl (C=O) groups is 1. The highest BCUT2D eigenvalue weighted by Crippen LogP contribution is 2.22. The molecule has 5 heteroatoms. The number of hydrogen-bond acceptors (Lipinski definition) is 4. The molecule has 28 heavy (non-hydrogen) atoms. The number of nitrogens with zero attached hydrogens (tertiary/aromatic N) is 3. The molecule has 1 saturated heterocycles. The largest absolute Gasteiger partial charge is 0.351 e. The predicted octanol–water partition coefficient (Wildman–Crippen LogP) is 3.42. The Bertz CT molecular complexity index is 897. The Morgan fingerprint density at radius 2 is 1.71 bits per heavy atom. The second-order valence-corrected chi connectivity index (χ2v) is 7.16. The van der Waals surface area contributed by atoms with Gasteiger partial charge in [-0.2, -0.15) is 0 Å². The summed E-state index contributed by atoms with van der Waals surface area (Å²) < 4.78 is 0. The predicted molar refractivity (Wildman–Crippen MR) is 109 cm³/mol. The Labute approximate surface area is 165 Å². The van der Waals surface area contributed by atoms with Crippen LogP contribution in [0.25, 0.3) is 11.1 Å². The van der Waals surface area contributed by atoms with Crippen LogP contribution in [0.2, 0.25) is 0 Å². The lowest BCUT2D eigenvalue weighted by Crippen LogP contribution is -2.42. The van der Waals surface area contributed by atoms with Crippen LogP contribution in [-0.2, 0) is 17.9 Å². The monoisotopic (exact) mass is 372 g/mol. The van der Waals surface area contributed by atoms with Gasteiger partial charge in [0.15, 0.2) is 0 Å². The summed E-state index contributed by atoms with van der Waals surface area (Å²) in [6.07, 6.45) is 7.14. The quantitative estimate of drug-likeness (QED) is 0.720. The first-order chi connectivity index (χ1) is 13.8. The third-order valence-corrected chi connectivity index (χ3v) is 5.21. The van der Waals surface area contributed by atoms with Crippen LogP contribution in [0.3, 0.4) is 0 Å². The van der Waals surface area contributed by atoms with Crippen LogP contribution in [-0.4, -0.2) is 33.4 Å². The van der Waals surface area contributed by atoms with Gasteiger partial charge < -0.3 is 5.32 Å². The van der Waals surface area contributed by atoms with Crippen molar-refractivity contribution in [3.8, 4) is 11.1 Å². The van der Waals surface area contributed by atoms with Gasteiger partial charge in [0.2, 0.25) is 5.91 Å². The highest BCUT2D eigenvalue weighted by Gasteiger charge is 2.30. The van der Waals surface area contributed by atoms with Gasteiger partial charge in [0, 0.05) is 31.0 Å². The van der Waals surface area contributed by atoms with Gasteiger partial charge in [-0.05, 0) is 36.1 Å². The van der Waals surface area contributed by atoms with E-state index in [2.05, 4.69) is 44.5 Å². The van der Waals surface area contributed by atoms with E-state index in [1.54, 1.807) is 0 Å². The normalized spacial score (nSPS) is 16.8. The lowest BCUT2D eigenvalue weighted by molar-refractivity contribution is -0.125. The molecule has 1 aromatic heterocycles. The van der Waals surface area contributed by atoms with E-state index in [4.69, 9.17) is 0 Å². The third kappa shape index (κ3) is 4.43. The Morgan fingerprint density at radius 3 is 2.46 bits per heavy atom. The number of carbonyl (C=O) groups excluding carboxylic acids is 1. The summed E-state index contributed by atoms with van der Waals surface area (Å²) in [7, 11) is 0. The van der Waals surface area contributed by atoms with Gasteiger partial charge in [0.1, 0.15) is 6.33 Å². The van der Waals surface area contributed by atoms with E-state index in [-0.39, 0.29) is 11.9 Å². The smallest absolute Gasteiger partial charge is 0.237 e. The van der Waals surface area contributed by atoms with E-state index in [1.807, 2.05) is 42.7 Å². The molecular weight excluding hydrogens is 348 g/mol. The zero-order valence-corrected chi connectivity index (χ0v) is 15.8. The fourth-order valence-electron chi connectivity index (χ4n) is 3.70. The van der Waals surface area contributed by atoms with Gasteiger partial charge in [-0.25, -0.2) is 9.97 Å². The molecule has 142 valence electrons. The molecule has 1 atom stereocenters. The average molecular weight is 372 g/mol. The van der Waals surface area contributed by atoms with Crippen molar-refractivity contribution in [3.63, 3.8) is 0 Å². The SMILES string of the molecule is O=C(NCc1ccccc1)C1CCCN1Cc1ccc(-c2cncnc2)cc1. The minimum Gasteiger partial charge on any atom is -0.351 e. The van der Waals surface area contributed by atoms with Crippen LogP contribution in [0.4, 0.5) is 0 Å². The molecule has 1 aliphatic rings. The fraction of sp³-hybridized carbons (Fsp3) is 0.261. The molecule has 1 fully saturated rings. The van der Waals surface area contributed by atoms with Gasteiger partial charge >= 0.3 is 0 Å². The van der Waals surface area contributed by atoms with E-state index in [1.165, 1.54) is 11.9 Å². The number of rotatable bonds is 6. The van der Waals surface area contributed by atoms with Crippen LogP contribution in [0, 0.1) is 0 Å². The summed E-state index contributed by atoms with van der Waals surface area (Å²) >= 11 is 0. The maximum Gasteiger partial charge on any atom is 0.237 e. The minimum absolute atomic E-state index is 0.0501. The molecule has 2 aromatic carbocycles. The molecule has 1 amide bonds. The summed E-state index contributed by atoms with van der Waals surface area (Å²) in [4.78, 5) is 23.1. The Kier molecular flexibility index (Phi) is 5.73. The highest BCUT2D eigenvalue weighted by atomic mass is 16.2. The number of aromatic nitrogens is 2. The maximum absolute atomic E-state index is 12.7. The van der Waals surface area contributed by atoms with Gasteiger partial charge in [-0.3, -0.25) is 9.69 Å². The van der Waals surface area contributed by atoms with E-state index in [0.29, 0.717) is 6.54 Å². The molecule has 0 saturated carbocycles. The number of benzene rings is 2. The van der Waals surface area contributed by atoms with Crippen LogP contribution >= 0.6 is 0 Å². The zero-order chi connectivity index (χ0) is 19.2. The molecule has 4 rings (SSSR count). The van der Waals surface area contributed by atoms with Crippen molar-refractivity contribution in [1.29, 1.82) is 0 Å². The molecule has 5 nitrogen and oxygen atoms in total. The zero-order valence-electron chi connectivity index (χ0n) is 15.8. The first-order valence-electron chi connectivity index (χ1n) is 9.69. The second kappa shape index (κ2) is 8.76. The van der Waals surface area contributed by atoms with Gasteiger partial charge in [0.05, 0.1) is 6.04 Å². The maximum atomic E-state index is 12.7. The van der Waals surface area contributed by atoms with Gasteiger partial charge in [-0.1, -0.05) is 54.6 Å². The standard InChI is InChI=1S/C23H24N4O/c28-23(26-13-18-5-2-1-3-6-18)22-7-4-12-27(22)16-19-8-10-20(11-9-19)21-14-24-17-25-15-21/h1-3,5-6,8-11,14-15,17,22H,4,7,12-13,16H2,(H,26,28). The Hall–Kier alpha value is -3.05. The first-order valence-corrected chi connectivity index (χ1v) is 9.69. The minimum atomic E-state index is -0.0501. The van der Waals surface area contributed by atoms with E-state index >= 15 is 0 Å². The molecule has 1 N–H and O–H groups in total. The molecule has 1 unspecified atom stereocenters. The third-order valence-electron chi connectivity index (χ3n) is 5.21. The summed E-state index contributed by atoms with van der Waals surface area (Å²) in [6, 6.07) is 18.4. The van der Waals surface area contributed by atoms with E-state index in [0.717, 1.165) is 42.6 Å². The summed E-state index contributed by atoms with van der Waals surface area (Å²) in [5.74, 6) is 0.124. The van der Waals surface area contributed by atoms with E-state index < -0.39 is 0 Å². The summed E-state index contributed by atoms with van der Waals surface area (Å²) in [6.45, 7) is 2.32. The number of nitrogens with one attached hydrogen (secondary N) is 1. The number of likely N-dealkylation sites (tertiary alicyclic amines) is 1. The average Bonchev–Trinajstić information content (AvgIpc) is 3.22. The van der Waals surface area contributed by atoms with Crippen LogP contribution in [0.15, 0.2) is 73.3 Å². The molecule has 0 radical (unpaired) electrons. The van der Waals surface area contributed by atoms with Crippen molar-refractivity contribution in [1.82, 2.24) is 20.2 Å². The summed E-state index contributed by atoms with van der Waals surface area (Å²) in [5.41, 5.74) is 4.44. The van der Waals surface area contributed by atoms with Crippen molar-refractivity contribution >= 4 is 5.91 Å².